The van der Waals surface area contributed by atoms with Gasteiger partial charge >= 0.3 is 7.60 Å². The fourth-order valence-corrected chi connectivity index (χ4v) is 5.68. The number of aliphatic hydroxyl groups is 1. The summed E-state index contributed by atoms with van der Waals surface area (Å²) in [6.45, 7) is 2.29. The lowest BCUT2D eigenvalue weighted by molar-refractivity contribution is -0.875. The lowest BCUT2D eigenvalue weighted by Crippen LogP contribution is -2.49. The van der Waals surface area contributed by atoms with Gasteiger partial charge in [-0.2, -0.15) is 0 Å². The van der Waals surface area contributed by atoms with E-state index < -0.39 is 12.9 Å². The minimum Gasteiger partial charge on any atom is -0.373 e. The fourth-order valence-electron chi connectivity index (χ4n) is 4.62. The summed E-state index contributed by atoms with van der Waals surface area (Å²) in [4.78, 5) is 19.2. The predicted octanol–water partition coefficient (Wildman–Crippen LogP) is 7.94. The highest BCUT2D eigenvalue weighted by molar-refractivity contribution is 7.53. The maximum Gasteiger partial charge on any atom is 0.362 e. The van der Waals surface area contributed by atoms with Crippen LogP contribution in [-0.4, -0.2) is 52.4 Å². The molecule has 34 heavy (non-hydrogen) atoms. The van der Waals surface area contributed by atoms with Gasteiger partial charge in [0.2, 0.25) is 5.34 Å². The van der Waals surface area contributed by atoms with Crippen LogP contribution in [0.2, 0.25) is 0 Å². The smallest absolute Gasteiger partial charge is 0.362 e. The molecule has 0 amide bonds. The molecule has 1 unspecified atom stereocenters. The van der Waals surface area contributed by atoms with Crippen LogP contribution in [0.4, 0.5) is 0 Å². The Morgan fingerprint density at radius 1 is 0.647 bits per heavy atom. The first-order valence-corrected chi connectivity index (χ1v) is 15.9. The summed E-state index contributed by atoms with van der Waals surface area (Å²) in [5, 5.41) is 8.66. The first-order valence-electron chi connectivity index (χ1n) is 14.3. The third kappa shape index (κ3) is 20.0. The largest absolute Gasteiger partial charge is 0.373 e. The summed E-state index contributed by atoms with van der Waals surface area (Å²) in [5.41, 5.74) is 0. The van der Waals surface area contributed by atoms with Crippen molar-refractivity contribution in [2.75, 3.05) is 27.7 Å². The molecule has 0 aliphatic rings. The molecule has 0 spiro atoms. The summed E-state index contributed by atoms with van der Waals surface area (Å²) in [6, 6.07) is 0. The molecule has 0 aliphatic heterocycles. The van der Waals surface area contributed by atoms with E-state index in [4.69, 9.17) is 0 Å². The fraction of sp³-hybridized carbons (Fsp3) is 0.929. The van der Waals surface area contributed by atoms with Crippen molar-refractivity contribution in [1.29, 1.82) is 0 Å². The summed E-state index contributed by atoms with van der Waals surface area (Å²) in [5.74, 6) is 0. The molecule has 5 nitrogen and oxygen atoms in total. The van der Waals surface area contributed by atoms with Crippen LogP contribution < -0.4 is 0 Å². The van der Waals surface area contributed by atoms with E-state index in [9.17, 15) is 19.5 Å². The zero-order valence-corrected chi connectivity index (χ0v) is 24.0. The van der Waals surface area contributed by atoms with Crippen LogP contribution in [0.5, 0.6) is 0 Å². The molecule has 0 aliphatic carbocycles. The van der Waals surface area contributed by atoms with E-state index in [1.54, 1.807) is 0 Å². The quantitative estimate of drug-likeness (QED) is 0.0539. The van der Waals surface area contributed by atoms with E-state index >= 15 is 0 Å². The second-order valence-electron chi connectivity index (χ2n) is 11.4. The molecule has 6 heteroatoms. The van der Waals surface area contributed by atoms with Gasteiger partial charge < -0.3 is 19.4 Å². The topological polar surface area (TPSA) is 77.8 Å². The number of hydrogen-bond acceptors (Lipinski definition) is 2. The highest BCUT2D eigenvalue weighted by Gasteiger charge is 2.48. The van der Waals surface area contributed by atoms with E-state index in [1.165, 1.54) is 103 Å². The standard InChI is InChI=1S/C28H58NO4P/c1-5-6-7-8-9-10-11-12-13-14-15-16-17-18-19-20-21-22-23-24-25-26-28(30,34(31,32)33)27-29(2,3)4/h7-8,30H,5-6,9-27H2,1-4H3,(H-,31,32,33)/p+1/b8-7-. The number of nitrogens with zero attached hydrogens (tertiary/aromatic N) is 1. The van der Waals surface area contributed by atoms with Gasteiger partial charge in [0.25, 0.3) is 0 Å². The summed E-state index contributed by atoms with van der Waals surface area (Å²) in [6.07, 6.45) is 28.8. The zero-order valence-electron chi connectivity index (χ0n) is 23.1. The highest BCUT2D eigenvalue weighted by atomic mass is 31.2. The molecule has 0 radical (unpaired) electrons. The third-order valence-corrected chi connectivity index (χ3v) is 8.04. The SMILES string of the molecule is CCC/C=C\CCCCCCCCCCCCCCCCCCC(O)(C[N+](C)(C)C)P(=O)(O)O. The maximum absolute atomic E-state index is 11.8. The molecule has 0 heterocycles. The van der Waals surface area contributed by atoms with Crippen molar-refractivity contribution in [3.05, 3.63) is 12.2 Å². The molecule has 1 atom stereocenters. The Morgan fingerprint density at radius 2 is 1.00 bits per heavy atom. The molecular weight excluding hydrogens is 445 g/mol. The van der Waals surface area contributed by atoms with E-state index in [1.807, 2.05) is 21.1 Å². The van der Waals surface area contributed by atoms with Crippen LogP contribution in [0.25, 0.3) is 0 Å². The van der Waals surface area contributed by atoms with Crippen LogP contribution in [-0.2, 0) is 4.57 Å². The van der Waals surface area contributed by atoms with Gasteiger partial charge in [0, 0.05) is 0 Å². The summed E-state index contributed by atoms with van der Waals surface area (Å²) < 4.78 is 12.1. The van der Waals surface area contributed by atoms with Gasteiger partial charge in [0.1, 0.15) is 6.54 Å². The predicted molar refractivity (Wildman–Crippen MR) is 147 cm³/mol. The second kappa shape index (κ2) is 19.9. The normalized spacial score (nSPS) is 14.7. The summed E-state index contributed by atoms with van der Waals surface area (Å²) in [7, 11) is 0.990. The van der Waals surface area contributed by atoms with Crippen molar-refractivity contribution in [3.63, 3.8) is 0 Å². The molecule has 0 rings (SSSR count). The van der Waals surface area contributed by atoms with Crippen molar-refractivity contribution in [2.45, 2.75) is 141 Å². The number of rotatable bonds is 24. The minimum atomic E-state index is -4.54. The Balaban J connectivity index is 3.49. The first-order chi connectivity index (χ1) is 16.0. The molecule has 0 aromatic carbocycles. The van der Waals surface area contributed by atoms with E-state index in [0.29, 0.717) is 10.9 Å². The molecule has 0 aromatic heterocycles. The molecule has 0 bridgehead atoms. The van der Waals surface area contributed by atoms with Crippen LogP contribution >= 0.6 is 7.60 Å². The van der Waals surface area contributed by atoms with E-state index in [2.05, 4.69) is 19.1 Å². The highest BCUT2D eigenvalue weighted by Crippen LogP contribution is 2.52. The number of quaternary nitrogens is 1. The molecule has 204 valence electrons. The average Bonchev–Trinajstić information content (AvgIpc) is 2.73. The van der Waals surface area contributed by atoms with Gasteiger partial charge in [0.15, 0.2) is 0 Å². The Kier molecular flexibility index (Phi) is 19.8. The van der Waals surface area contributed by atoms with Gasteiger partial charge in [-0.15, -0.1) is 0 Å². The second-order valence-corrected chi connectivity index (χ2v) is 13.4. The molecule has 0 saturated carbocycles. The van der Waals surface area contributed by atoms with Crippen LogP contribution in [0.1, 0.15) is 135 Å². The molecule has 0 aromatic rings. The Hall–Kier alpha value is -0.190. The lowest BCUT2D eigenvalue weighted by atomic mass is 10.0. The summed E-state index contributed by atoms with van der Waals surface area (Å²) >= 11 is 0. The van der Waals surface area contributed by atoms with Crippen molar-refractivity contribution in [3.8, 4) is 0 Å². The van der Waals surface area contributed by atoms with Crippen LogP contribution in [0.3, 0.4) is 0 Å². The van der Waals surface area contributed by atoms with Gasteiger partial charge in [-0.05, 0) is 32.1 Å². The number of allylic oxidation sites excluding steroid dienone is 2. The number of hydrogen-bond donors (Lipinski definition) is 3. The van der Waals surface area contributed by atoms with Gasteiger partial charge in [-0.1, -0.05) is 115 Å². The number of unbranched alkanes of at least 4 members (excludes halogenated alkanes) is 17. The minimum absolute atomic E-state index is 0.0638. The first kappa shape index (κ1) is 33.8. The van der Waals surface area contributed by atoms with Crippen molar-refractivity contribution >= 4 is 7.60 Å². The third-order valence-electron chi connectivity index (χ3n) is 6.59. The molecular formula is C28H59NO4P+. The Labute approximate surface area is 212 Å². The Morgan fingerprint density at radius 3 is 1.35 bits per heavy atom. The van der Waals surface area contributed by atoms with E-state index in [0.717, 1.165) is 12.8 Å². The number of likely N-dealkylation sites (N-methyl/N-ethyl adjacent to an activating group) is 1. The lowest BCUT2D eigenvalue weighted by Gasteiger charge is -2.35. The maximum atomic E-state index is 11.8. The monoisotopic (exact) mass is 504 g/mol. The molecule has 0 fully saturated rings. The molecule has 3 N–H and O–H groups in total. The van der Waals surface area contributed by atoms with Gasteiger partial charge in [-0.3, -0.25) is 4.57 Å². The van der Waals surface area contributed by atoms with Crippen LogP contribution in [0.15, 0.2) is 12.2 Å². The van der Waals surface area contributed by atoms with Crippen LogP contribution in [0, 0.1) is 0 Å². The zero-order chi connectivity index (χ0) is 25.8. The molecule has 0 saturated heterocycles. The van der Waals surface area contributed by atoms with E-state index in [-0.39, 0.29) is 13.0 Å². The average molecular weight is 505 g/mol. The Bertz CT molecular complexity index is 541. The van der Waals surface area contributed by atoms with Gasteiger partial charge in [0.05, 0.1) is 21.1 Å². The van der Waals surface area contributed by atoms with Crippen molar-refractivity contribution in [1.82, 2.24) is 0 Å². The van der Waals surface area contributed by atoms with Gasteiger partial charge in [-0.25, -0.2) is 0 Å². The van der Waals surface area contributed by atoms with Crippen molar-refractivity contribution in [2.24, 2.45) is 0 Å². The van der Waals surface area contributed by atoms with Crippen molar-refractivity contribution < 1.29 is 23.9 Å².